The molecule has 0 spiro atoms. The molecule has 0 bridgehead atoms. The number of likely N-dealkylation sites (tertiary alicyclic amines) is 1. The first-order chi connectivity index (χ1) is 22.9. The zero-order valence-electron chi connectivity index (χ0n) is 31.2. The normalized spacial score (nSPS) is 47.0. The first kappa shape index (κ1) is 34.1. The highest BCUT2D eigenvalue weighted by Gasteiger charge is 2.66. The Morgan fingerprint density at radius 1 is 0.938 bits per heavy atom. The molecular weight excluding hydrogens is 613 g/mol. The van der Waals surface area contributed by atoms with Gasteiger partial charge in [-0.3, -0.25) is 9.00 Å². The Hall–Kier alpha value is -0.980. The van der Waals surface area contributed by atoms with Crippen LogP contribution in [0.3, 0.4) is 0 Å². The Bertz CT molecular complexity index is 1360. The lowest BCUT2D eigenvalue weighted by Crippen LogP contribution is -2.64. The van der Waals surface area contributed by atoms with Gasteiger partial charge in [-0.25, -0.2) is 0 Å². The maximum absolute atomic E-state index is 12.5. The predicted octanol–water partition coefficient (Wildman–Crippen LogP) is 7.93. The molecular formula is C42H66N2O3S. The molecule has 0 amide bonds. The number of ether oxygens (including phenoxy) is 1. The van der Waals surface area contributed by atoms with Gasteiger partial charge in [0.05, 0.1) is 12.5 Å². The summed E-state index contributed by atoms with van der Waals surface area (Å²) in [7, 11) is -0.667. The van der Waals surface area contributed by atoms with Crippen molar-refractivity contribution in [2.75, 3.05) is 39.0 Å². The fourth-order valence-electron chi connectivity index (χ4n) is 14.8. The van der Waals surface area contributed by atoms with Crippen LogP contribution in [0, 0.1) is 63.6 Å². The molecule has 0 aromatic carbocycles. The van der Waals surface area contributed by atoms with E-state index in [0.717, 1.165) is 75.0 Å². The number of fused-ring (bicyclic) bond motifs is 8. The van der Waals surface area contributed by atoms with E-state index in [0.29, 0.717) is 40.1 Å². The van der Waals surface area contributed by atoms with E-state index in [1.807, 2.05) is 13.2 Å². The van der Waals surface area contributed by atoms with Crippen LogP contribution in [0.2, 0.25) is 0 Å². The molecule has 0 aromatic rings. The Balaban J connectivity index is 0.945. The predicted molar refractivity (Wildman–Crippen MR) is 196 cm³/mol. The molecule has 6 heteroatoms. The van der Waals surface area contributed by atoms with Crippen molar-refractivity contribution in [3.05, 3.63) is 23.3 Å². The lowest BCUT2D eigenvalue weighted by atomic mass is 9.37. The first-order valence-electron chi connectivity index (χ1n) is 20.3. The monoisotopic (exact) mass is 678 g/mol. The molecule has 11 unspecified atom stereocenters. The van der Waals surface area contributed by atoms with Crippen LogP contribution in [0.4, 0.5) is 0 Å². The Morgan fingerprint density at radius 3 is 2.44 bits per heavy atom. The van der Waals surface area contributed by atoms with Crippen molar-refractivity contribution in [2.24, 2.45) is 63.6 Å². The van der Waals surface area contributed by atoms with E-state index in [-0.39, 0.29) is 17.3 Å². The second kappa shape index (κ2) is 12.3. The summed E-state index contributed by atoms with van der Waals surface area (Å²) in [5, 5.41) is 4.69. The van der Waals surface area contributed by atoms with Gasteiger partial charge in [-0.1, -0.05) is 46.3 Å². The number of nitrogens with zero attached hydrogens (tertiary/aromatic N) is 1. The van der Waals surface area contributed by atoms with Gasteiger partial charge in [-0.05, 0) is 166 Å². The highest BCUT2D eigenvalue weighted by Crippen LogP contribution is 2.73. The maximum atomic E-state index is 12.5. The largest absolute Gasteiger partial charge is 0.466 e. The second-order valence-corrected chi connectivity index (χ2v) is 20.8. The third-order valence-corrected chi connectivity index (χ3v) is 18.4. The fraction of sp³-hybridized carbons (Fsp3) is 0.881. The minimum Gasteiger partial charge on any atom is -0.466 e. The Kier molecular flexibility index (Phi) is 8.76. The molecule has 8 aliphatic rings. The van der Waals surface area contributed by atoms with Crippen LogP contribution in [-0.4, -0.2) is 64.9 Å². The molecule has 6 fully saturated rings. The van der Waals surface area contributed by atoms with E-state index in [4.69, 9.17) is 4.74 Å². The van der Waals surface area contributed by atoms with Gasteiger partial charge in [0.25, 0.3) is 0 Å². The van der Waals surface area contributed by atoms with E-state index < -0.39 is 10.8 Å². The average molecular weight is 679 g/mol. The van der Waals surface area contributed by atoms with Crippen LogP contribution in [0.15, 0.2) is 23.3 Å². The van der Waals surface area contributed by atoms with E-state index >= 15 is 0 Å². The smallest absolute Gasteiger partial charge is 0.309 e. The summed E-state index contributed by atoms with van der Waals surface area (Å²) >= 11 is 0. The SMILES string of the molecule is CCOC(=O)C1C2C=C(C3=CCC4(C)C(CCC5(C)C6CCC7(NCCN8CCC(S(C)=O)CC8)CCC[C@@H]7C6CCC54)C3(C)C)CC21. The van der Waals surface area contributed by atoms with Gasteiger partial charge in [0.2, 0.25) is 0 Å². The van der Waals surface area contributed by atoms with Crippen LogP contribution in [0.1, 0.15) is 118 Å². The van der Waals surface area contributed by atoms with E-state index in [1.54, 1.807) is 11.1 Å². The number of hydrogen-bond acceptors (Lipinski definition) is 5. The van der Waals surface area contributed by atoms with Gasteiger partial charge in [0.15, 0.2) is 0 Å². The molecule has 5 nitrogen and oxygen atoms in total. The van der Waals surface area contributed by atoms with Crippen LogP contribution >= 0.6 is 0 Å². The van der Waals surface area contributed by atoms with Crippen LogP contribution in [0.25, 0.3) is 0 Å². The lowest BCUT2D eigenvalue weighted by Gasteiger charge is -2.68. The molecule has 268 valence electrons. The molecule has 7 aliphatic carbocycles. The molecule has 0 radical (unpaired) electrons. The van der Waals surface area contributed by atoms with E-state index in [2.05, 4.69) is 50.1 Å². The van der Waals surface area contributed by atoms with Crippen LogP contribution in [0.5, 0.6) is 0 Å². The third kappa shape index (κ3) is 5.24. The summed E-state index contributed by atoms with van der Waals surface area (Å²) in [4.78, 5) is 15.1. The maximum Gasteiger partial charge on any atom is 0.309 e. The molecule has 8 rings (SSSR count). The minimum absolute atomic E-state index is 0.0332. The number of hydrogen-bond donors (Lipinski definition) is 1. The van der Waals surface area contributed by atoms with Gasteiger partial charge in [0, 0.05) is 40.9 Å². The van der Waals surface area contributed by atoms with Gasteiger partial charge < -0.3 is 15.0 Å². The van der Waals surface area contributed by atoms with Crippen molar-refractivity contribution in [3.8, 4) is 0 Å². The molecule has 5 saturated carbocycles. The van der Waals surface area contributed by atoms with Crippen molar-refractivity contribution < 1.29 is 13.7 Å². The van der Waals surface area contributed by atoms with Crippen LogP contribution < -0.4 is 5.32 Å². The quantitative estimate of drug-likeness (QED) is 0.265. The zero-order chi connectivity index (χ0) is 33.6. The summed E-state index contributed by atoms with van der Waals surface area (Å²) < 4.78 is 17.4. The lowest BCUT2D eigenvalue weighted by molar-refractivity contribution is -0.175. The number of rotatable bonds is 8. The van der Waals surface area contributed by atoms with Gasteiger partial charge in [-0.2, -0.15) is 0 Å². The molecule has 48 heavy (non-hydrogen) atoms. The second-order valence-electron chi connectivity index (χ2n) is 19.1. The number of carbonyl (C=O) groups excluding carboxylic acids is 1. The number of carbonyl (C=O) groups is 1. The summed E-state index contributed by atoms with van der Waals surface area (Å²) in [6, 6.07) is 0. The summed E-state index contributed by atoms with van der Waals surface area (Å²) in [6.07, 6.45) is 24.3. The van der Waals surface area contributed by atoms with Crippen molar-refractivity contribution in [3.63, 3.8) is 0 Å². The summed E-state index contributed by atoms with van der Waals surface area (Å²) in [6.45, 7) is 17.6. The van der Waals surface area contributed by atoms with Crippen molar-refractivity contribution in [1.82, 2.24) is 10.2 Å². The molecule has 1 saturated heterocycles. The number of allylic oxidation sites excluding steroid dienone is 4. The molecule has 1 N–H and O–H groups in total. The van der Waals surface area contributed by atoms with Crippen molar-refractivity contribution >= 4 is 16.8 Å². The Morgan fingerprint density at radius 2 is 1.73 bits per heavy atom. The summed E-state index contributed by atoms with van der Waals surface area (Å²) in [5.74, 6) is 5.27. The number of piperidine rings is 1. The number of nitrogens with one attached hydrogen (secondary N) is 1. The minimum atomic E-state index is -0.667. The van der Waals surface area contributed by atoms with Gasteiger partial charge in [-0.15, -0.1) is 0 Å². The number of esters is 1. The standard InChI is InChI=1S/C42H66N2O3S/c1-7-47-38(45)37-30-25-27(26-31(30)37)32-12-18-41(5)35(39(32,2)3)14-19-40(4)33-13-20-42(17-8-9-34(42)29(33)10-11-36(40)41)43-21-24-44-22-15-28(16-23-44)48(6)46/h12,25,28-31,33-37,43H,7-11,13-24,26H2,1-6H3/t29?,30?,31?,33?,34-,35?,36?,37?,40?,41?,42?,48?/m1/s1. The highest BCUT2D eigenvalue weighted by molar-refractivity contribution is 7.84. The van der Waals surface area contributed by atoms with E-state index in [9.17, 15) is 9.00 Å². The Labute approximate surface area is 294 Å². The first-order valence-corrected chi connectivity index (χ1v) is 21.9. The van der Waals surface area contributed by atoms with Crippen molar-refractivity contribution in [1.29, 1.82) is 0 Å². The van der Waals surface area contributed by atoms with E-state index in [1.165, 1.54) is 64.2 Å². The fourth-order valence-corrected chi connectivity index (χ4v) is 15.7. The van der Waals surface area contributed by atoms with Gasteiger partial charge in [0.1, 0.15) is 0 Å². The van der Waals surface area contributed by atoms with Crippen molar-refractivity contribution in [2.45, 2.75) is 129 Å². The molecule has 0 aromatic heterocycles. The topological polar surface area (TPSA) is 58.6 Å². The molecule has 1 aliphatic heterocycles. The zero-order valence-corrected chi connectivity index (χ0v) is 32.0. The average Bonchev–Trinajstić information content (AvgIpc) is 3.32. The summed E-state index contributed by atoms with van der Waals surface area (Å²) in [5.41, 5.74) is 4.60. The molecule has 1 heterocycles. The molecule has 12 atom stereocenters. The van der Waals surface area contributed by atoms with Crippen LogP contribution in [-0.2, 0) is 20.3 Å². The van der Waals surface area contributed by atoms with Gasteiger partial charge >= 0.3 is 5.97 Å². The highest BCUT2D eigenvalue weighted by atomic mass is 32.2. The third-order valence-electron chi connectivity index (χ3n) is 17.0.